The zero-order valence-electron chi connectivity index (χ0n) is 12.7. The summed E-state index contributed by atoms with van der Waals surface area (Å²) in [7, 11) is 0. The fourth-order valence-electron chi connectivity index (χ4n) is 2.88. The lowest BCUT2D eigenvalue weighted by Crippen LogP contribution is -2.31. The summed E-state index contributed by atoms with van der Waals surface area (Å²) in [5.74, 6) is 1.02. The highest BCUT2D eigenvalue weighted by Crippen LogP contribution is 2.29. The van der Waals surface area contributed by atoms with Gasteiger partial charge in [-0.2, -0.15) is 0 Å². The Bertz CT molecular complexity index is 630. The molecule has 0 bridgehead atoms. The molecule has 0 saturated carbocycles. The summed E-state index contributed by atoms with van der Waals surface area (Å²) >= 11 is 3.50. The normalized spacial score (nSPS) is 21.8. The lowest BCUT2D eigenvalue weighted by atomic mass is 9.90. The highest BCUT2D eigenvalue weighted by molar-refractivity contribution is 9.10. The number of nitrogens with two attached hydrogens (primary N) is 1. The van der Waals surface area contributed by atoms with Crippen molar-refractivity contribution in [2.45, 2.75) is 19.9 Å². The Kier molecular flexibility index (Phi) is 5.66. The Hall–Kier alpha value is -0.880. The second kappa shape index (κ2) is 7.13. The van der Waals surface area contributed by atoms with E-state index in [0.29, 0.717) is 0 Å². The summed E-state index contributed by atoms with van der Waals surface area (Å²) in [6.45, 7) is 6.04. The van der Waals surface area contributed by atoms with Crippen molar-refractivity contribution in [1.29, 1.82) is 0 Å². The first kappa shape index (κ1) is 17.5. The summed E-state index contributed by atoms with van der Waals surface area (Å²) in [4.78, 5) is 10.4. The van der Waals surface area contributed by atoms with Crippen LogP contribution in [0.5, 0.6) is 0 Å². The van der Waals surface area contributed by atoms with Gasteiger partial charge in [-0.25, -0.2) is 4.98 Å². The molecule has 1 atom stereocenters. The molecule has 0 amide bonds. The fraction of sp³-hybridized carbons (Fsp3) is 0.438. The molecule has 1 saturated heterocycles. The summed E-state index contributed by atoms with van der Waals surface area (Å²) < 4.78 is 1.08. The Morgan fingerprint density at radius 1 is 1.45 bits per heavy atom. The van der Waals surface area contributed by atoms with Crippen molar-refractivity contribution in [2.75, 3.05) is 19.6 Å². The molecule has 3 N–H and O–H groups in total. The Labute approximate surface area is 146 Å². The van der Waals surface area contributed by atoms with E-state index in [2.05, 4.69) is 49.9 Å². The van der Waals surface area contributed by atoms with Gasteiger partial charge in [0.05, 0.1) is 18.4 Å². The summed E-state index contributed by atoms with van der Waals surface area (Å²) in [6, 6.07) is 8.24. The van der Waals surface area contributed by atoms with Crippen LogP contribution in [0.15, 0.2) is 34.9 Å². The molecular formula is C16H22BrClN4. The number of benzene rings is 1. The van der Waals surface area contributed by atoms with E-state index in [1.165, 1.54) is 6.42 Å². The van der Waals surface area contributed by atoms with E-state index in [-0.39, 0.29) is 17.8 Å². The van der Waals surface area contributed by atoms with Crippen molar-refractivity contribution < 1.29 is 0 Å². The Morgan fingerprint density at radius 3 is 2.95 bits per heavy atom. The van der Waals surface area contributed by atoms with Gasteiger partial charge in [-0.3, -0.25) is 4.90 Å². The van der Waals surface area contributed by atoms with Crippen LogP contribution < -0.4 is 5.73 Å². The molecule has 2 aromatic rings. The summed E-state index contributed by atoms with van der Waals surface area (Å²) in [6.07, 6.45) is 3.08. The highest BCUT2D eigenvalue weighted by atomic mass is 79.9. The number of halogens is 2. The maximum absolute atomic E-state index is 5.86. The minimum Gasteiger partial charge on any atom is -0.341 e. The molecule has 4 nitrogen and oxygen atoms in total. The molecule has 1 aromatic carbocycles. The minimum atomic E-state index is 0. The lowest BCUT2D eigenvalue weighted by molar-refractivity contribution is 0.270. The number of aromatic nitrogens is 2. The quantitative estimate of drug-likeness (QED) is 0.847. The molecule has 1 aliphatic rings. The molecule has 3 rings (SSSR count). The first-order valence-corrected chi connectivity index (χ1v) is 8.09. The maximum atomic E-state index is 5.86. The van der Waals surface area contributed by atoms with Gasteiger partial charge >= 0.3 is 0 Å². The van der Waals surface area contributed by atoms with Crippen LogP contribution >= 0.6 is 28.3 Å². The SMILES string of the molecule is CC1(CN)CCN(Cc2ncc(-c3cccc(Br)c3)[nH]2)C1.Cl. The van der Waals surface area contributed by atoms with E-state index < -0.39 is 0 Å². The van der Waals surface area contributed by atoms with E-state index in [1.54, 1.807) is 0 Å². The lowest BCUT2D eigenvalue weighted by Gasteiger charge is -2.22. The molecule has 120 valence electrons. The van der Waals surface area contributed by atoms with Gasteiger partial charge in [0.2, 0.25) is 0 Å². The number of nitrogens with one attached hydrogen (secondary N) is 1. The van der Waals surface area contributed by atoms with Crippen molar-refractivity contribution in [3.05, 3.63) is 40.8 Å². The first-order chi connectivity index (χ1) is 10.1. The van der Waals surface area contributed by atoms with Crippen LogP contribution in [0.2, 0.25) is 0 Å². The van der Waals surface area contributed by atoms with Gasteiger partial charge in [-0.15, -0.1) is 12.4 Å². The second-order valence-electron chi connectivity index (χ2n) is 6.23. The molecule has 6 heteroatoms. The third kappa shape index (κ3) is 3.90. The number of nitrogens with zero attached hydrogens (tertiary/aromatic N) is 2. The molecular weight excluding hydrogens is 364 g/mol. The standard InChI is InChI=1S/C16H21BrN4.ClH/c1-16(10-18)5-6-21(11-16)9-15-19-8-14(20-15)12-3-2-4-13(17)7-12;/h2-4,7-8H,5-6,9-11,18H2,1H3,(H,19,20);1H. The molecule has 1 unspecified atom stereocenters. The average Bonchev–Trinajstić information content (AvgIpc) is 3.07. The van der Waals surface area contributed by atoms with E-state index in [1.807, 2.05) is 18.3 Å². The maximum Gasteiger partial charge on any atom is 0.120 e. The smallest absolute Gasteiger partial charge is 0.120 e. The largest absolute Gasteiger partial charge is 0.341 e. The molecule has 22 heavy (non-hydrogen) atoms. The van der Waals surface area contributed by atoms with Crippen LogP contribution in [-0.4, -0.2) is 34.5 Å². The van der Waals surface area contributed by atoms with Crippen LogP contribution in [0.3, 0.4) is 0 Å². The highest BCUT2D eigenvalue weighted by Gasteiger charge is 2.32. The van der Waals surface area contributed by atoms with Crippen LogP contribution in [0.25, 0.3) is 11.3 Å². The van der Waals surface area contributed by atoms with Crippen LogP contribution in [0.4, 0.5) is 0 Å². The number of likely N-dealkylation sites (tertiary alicyclic amines) is 1. The van der Waals surface area contributed by atoms with Gasteiger partial charge in [-0.1, -0.05) is 35.0 Å². The average molecular weight is 386 g/mol. The minimum absolute atomic E-state index is 0. The zero-order chi connectivity index (χ0) is 14.9. The molecule has 2 heterocycles. The predicted molar refractivity (Wildman–Crippen MR) is 96.0 cm³/mol. The van der Waals surface area contributed by atoms with Crippen LogP contribution in [0.1, 0.15) is 19.2 Å². The number of hydrogen-bond acceptors (Lipinski definition) is 3. The second-order valence-corrected chi connectivity index (χ2v) is 7.15. The fourth-order valence-corrected chi connectivity index (χ4v) is 3.28. The molecule has 1 aromatic heterocycles. The van der Waals surface area contributed by atoms with Crippen molar-refractivity contribution in [2.24, 2.45) is 11.1 Å². The van der Waals surface area contributed by atoms with Gasteiger partial charge in [0.1, 0.15) is 5.82 Å². The third-order valence-corrected chi connectivity index (χ3v) is 4.76. The number of imidazole rings is 1. The van der Waals surface area contributed by atoms with Gasteiger partial charge in [-0.05, 0) is 37.1 Å². The van der Waals surface area contributed by atoms with E-state index in [0.717, 1.165) is 47.7 Å². The number of hydrogen-bond donors (Lipinski definition) is 2. The number of aromatic amines is 1. The number of rotatable bonds is 4. The molecule has 0 radical (unpaired) electrons. The molecule has 1 fully saturated rings. The predicted octanol–water partition coefficient (Wildman–Crippen LogP) is 3.43. The number of H-pyrrole nitrogens is 1. The Balaban J connectivity index is 0.00000176. The molecule has 1 aliphatic heterocycles. The van der Waals surface area contributed by atoms with Gasteiger partial charge in [0, 0.05) is 16.6 Å². The van der Waals surface area contributed by atoms with Crippen molar-refractivity contribution in [1.82, 2.24) is 14.9 Å². The summed E-state index contributed by atoms with van der Waals surface area (Å²) in [5, 5.41) is 0. The third-order valence-electron chi connectivity index (χ3n) is 4.27. The molecule has 0 spiro atoms. The van der Waals surface area contributed by atoms with E-state index in [9.17, 15) is 0 Å². The first-order valence-electron chi connectivity index (χ1n) is 7.30. The Morgan fingerprint density at radius 2 is 2.27 bits per heavy atom. The van der Waals surface area contributed by atoms with Crippen molar-refractivity contribution in [3.63, 3.8) is 0 Å². The molecule has 0 aliphatic carbocycles. The summed E-state index contributed by atoms with van der Waals surface area (Å²) in [5.41, 5.74) is 8.34. The van der Waals surface area contributed by atoms with E-state index >= 15 is 0 Å². The van der Waals surface area contributed by atoms with E-state index in [4.69, 9.17) is 5.73 Å². The van der Waals surface area contributed by atoms with Crippen molar-refractivity contribution >= 4 is 28.3 Å². The topological polar surface area (TPSA) is 57.9 Å². The van der Waals surface area contributed by atoms with Crippen molar-refractivity contribution in [3.8, 4) is 11.3 Å². The monoisotopic (exact) mass is 384 g/mol. The van der Waals surface area contributed by atoms with Crippen LogP contribution in [0, 0.1) is 5.41 Å². The van der Waals surface area contributed by atoms with Gasteiger partial charge < -0.3 is 10.7 Å². The zero-order valence-corrected chi connectivity index (χ0v) is 15.1. The van der Waals surface area contributed by atoms with Gasteiger partial charge in [0.25, 0.3) is 0 Å². The van der Waals surface area contributed by atoms with Crippen LogP contribution in [-0.2, 0) is 6.54 Å². The van der Waals surface area contributed by atoms with Gasteiger partial charge in [0.15, 0.2) is 0 Å².